The number of amides is 1. The number of nitrogens with zero attached hydrogens (tertiary/aromatic N) is 5. The SMILES string of the molecule is CC(C)(C)[Si](C)(C)OCC(Cn1ccc(-c2ccc(Oc3ncc(-c4ccnn4C4CCCCO4)cc3F)cc2)n1)NC(=O)O. The Kier molecular flexibility index (Phi) is 9.70. The Hall–Kier alpha value is -4.07. The van der Waals surface area contributed by atoms with Crippen molar-refractivity contribution in [2.45, 2.75) is 77.0 Å². The molecule has 1 amide bonds. The van der Waals surface area contributed by atoms with Crippen LogP contribution in [0.2, 0.25) is 18.1 Å². The molecule has 13 heteroatoms. The molecule has 2 unspecified atom stereocenters. The van der Waals surface area contributed by atoms with E-state index < -0.39 is 26.3 Å². The van der Waals surface area contributed by atoms with E-state index in [1.54, 1.807) is 40.1 Å². The maximum Gasteiger partial charge on any atom is 0.405 e. The Labute approximate surface area is 263 Å². The van der Waals surface area contributed by atoms with Gasteiger partial charge in [-0.3, -0.25) is 4.68 Å². The van der Waals surface area contributed by atoms with Gasteiger partial charge in [-0.1, -0.05) is 20.8 Å². The number of rotatable bonds is 11. The molecule has 1 aliphatic heterocycles. The fourth-order valence-corrected chi connectivity index (χ4v) is 5.87. The molecule has 1 aromatic carbocycles. The summed E-state index contributed by atoms with van der Waals surface area (Å²) in [6.45, 7) is 12.0. The summed E-state index contributed by atoms with van der Waals surface area (Å²) in [6.07, 6.45) is 6.71. The molecule has 2 N–H and O–H groups in total. The Bertz CT molecular complexity index is 1590. The number of carboxylic acid groups (broad SMARTS) is 1. The molecular formula is C32H41FN6O5Si. The van der Waals surface area contributed by atoms with E-state index in [0.717, 1.165) is 30.5 Å². The fraction of sp³-hybridized carbons (Fsp3) is 0.438. The fourth-order valence-electron chi connectivity index (χ4n) is 4.82. The van der Waals surface area contributed by atoms with Crippen molar-refractivity contribution >= 4 is 14.4 Å². The molecule has 240 valence electrons. The standard InChI is InChI=1S/C32H41FN6O5Si/c1-32(2,3)45(4,5)43-21-24(36-31(40)41)20-38-16-14-27(37-38)22-9-11-25(12-10-22)44-30-26(33)18-23(19-34-30)28-13-15-35-39(28)29-8-6-7-17-42-29/h9-16,18-19,24,29,36H,6-8,17,20-21H2,1-5H3,(H,40,41). The average molecular weight is 637 g/mol. The van der Waals surface area contributed by atoms with Crippen molar-refractivity contribution in [3.63, 3.8) is 0 Å². The van der Waals surface area contributed by atoms with E-state index in [2.05, 4.69) is 54.4 Å². The van der Waals surface area contributed by atoms with E-state index >= 15 is 4.39 Å². The van der Waals surface area contributed by atoms with E-state index in [4.69, 9.17) is 13.9 Å². The lowest BCUT2D eigenvalue weighted by molar-refractivity contribution is -0.0383. The van der Waals surface area contributed by atoms with Crippen LogP contribution in [0.4, 0.5) is 9.18 Å². The van der Waals surface area contributed by atoms with Gasteiger partial charge in [0.15, 0.2) is 20.4 Å². The van der Waals surface area contributed by atoms with Crippen LogP contribution in [0.25, 0.3) is 22.5 Å². The minimum atomic E-state index is -2.06. The molecule has 1 saturated heterocycles. The first kappa shape index (κ1) is 32.3. The predicted octanol–water partition coefficient (Wildman–Crippen LogP) is 7.10. The molecule has 0 aliphatic carbocycles. The molecule has 0 bridgehead atoms. The van der Waals surface area contributed by atoms with Crippen LogP contribution in [-0.4, -0.2) is 63.3 Å². The van der Waals surface area contributed by atoms with Gasteiger partial charge in [0.05, 0.1) is 30.6 Å². The van der Waals surface area contributed by atoms with Gasteiger partial charge in [-0.05, 0) is 79.9 Å². The van der Waals surface area contributed by atoms with Gasteiger partial charge in [0.25, 0.3) is 5.88 Å². The number of aromatic nitrogens is 5. The summed E-state index contributed by atoms with van der Waals surface area (Å²) in [5, 5.41) is 21.0. The van der Waals surface area contributed by atoms with E-state index in [-0.39, 0.29) is 23.8 Å². The van der Waals surface area contributed by atoms with Crippen molar-refractivity contribution in [1.82, 2.24) is 29.9 Å². The number of benzene rings is 1. The van der Waals surface area contributed by atoms with Crippen molar-refractivity contribution in [3.8, 4) is 34.1 Å². The summed E-state index contributed by atoms with van der Waals surface area (Å²) in [5.74, 6) is -0.297. The second-order valence-corrected chi connectivity index (χ2v) is 17.6. The summed E-state index contributed by atoms with van der Waals surface area (Å²) >= 11 is 0. The monoisotopic (exact) mass is 636 g/mol. The third-order valence-corrected chi connectivity index (χ3v) is 12.9. The zero-order valence-electron chi connectivity index (χ0n) is 26.4. The predicted molar refractivity (Wildman–Crippen MR) is 170 cm³/mol. The third kappa shape index (κ3) is 7.96. The Morgan fingerprint density at radius 2 is 1.96 bits per heavy atom. The van der Waals surface area contributed by atoms with Crippen LogP contribution in [0.3, 0.4) is 0 Å². The van der Waals surface area contributed by atoms with Crippen molar-refractivity contribution in [1.29, 1.82) is 0 Å². The Balaban J connectivity index is 1.22. The number of nitrogens with one attached hydrogen (secondary N) is 1. The van der Waals surface area contributed by atoms with E-state index in [1.165, 1.54) is 6.07 Å². The molecule has 5 rings (SSSR count). The summed E-state index contributed by atoms with van der Waals surface area (Å²) in [5.41, 5.74) is 2.85. The van der Waals surface area contributed by atoms with E-state index in [0.29, 0.717) is 30.2 Å². The van der Waals surface area contributed by atoms with Crippen LogP contribution in [0, 0.1) is 5.82 Å². The summed E-state index contributed by atoms with van der Waals surface area (Å²) in [4.78, 5) is 15.7. The highest BCUT2D eigenvalue weighted by Crippen LogP contribution is 2.36. The molecule has 4 heterocycles. The normalized spacial score (nSPS) is 16.4. The molecule has 45 heavy (non-hydrogen) atoms. The first-order chi connectivity index (χ1) is 21.4. The van der Waals surface area contributed by atoms with Gasteiger partial charge in [-0.15, -0.1) is 0 Å². The van der Waals surface area contributed by atoms with Gasteiger partial charge in [-0.2, -0.15) is 10.2 Å². The number of carbonyl (C=O) groups is 1. The molecule has 11 nitrogen and oxygen atoms in total. The molecule has 1 aliphatic rings. The number of pyridine rings is 1. The third-order valence-electron chi connectivity index (χ3n) is 8.39. The number of hydrogen-bond donors (Lipinski definition) is 2. The van der Waals surface area contributed by atoms with Crippen LogP contribution in [0.15, 0.2) is 61.1 Å². The lowest BCUT2D eigenvalue weighted by Crippen LogP contribution is -2.47. The van der Waals surface area contributed by atoms with Gasteiger partial charge >= 0.3 is 6.09 Å². The number of hydrogen-bond acceptors (Lipinski definition) is 7. The Morgan fingerprint density at radius 1 is 1.18 bits per heavy atom. The van der Waals surface area contributed by atoms with Crippen LogP contribution in [0.5, 0.6) is 11.6 Å². The highest BCUT2D eigenvalue weighted by molar-refractivity contribution is 6.74. The largest absolute Gasteiger partial charge is 0.465 e. The molecule has 0 saturated carbocycles. The lowest BCUT2D eigenvalue weighted by atomic mass is 10.1. The maximum atomic E-state index is 15.1. The second kappa shape index (κ2) is 13.5. The number of ether oxygens (including phenoxy) is 2. The van der Waals surface area contributed by atoms with Gasteiger partial charge in [-0.25, -0.2) is 18.9 Å². The summed E-state index contributed by atoms with van der Waals surface area (Å²) in [7, 11) is -2.06. The second-order valence-electron chi connectivity index (χ2n) is 12.8. The topological polar surface area (TPSA) is 126 Å². The van der Waals surface area contributed by atoms with Gasteiger partial charge in [0.1, 0.15) is 5.75 Å². The number of halogens is 1. The Morgan fingerprint density at radius 3 is 2.62 bits per heavy atom. The molecule has 0 spiro atoms. The maximum absolute atomic E-state index is 15.1. The molecule has 4 aromatic rings. The van der Waals surface area contributed by atoms with Crippen molar-refractivity contribution in [2.24, 2.45) is 0 Å². The van der Waals surface area contributed by atoms with Gasteiger partial charge in [0.2, 0.25) is 0 Å². The van der Waals surface area contributed by atoms with Crippen LogP contribution in [-0.2, 0) is 15.7 Å². The van der Waals surface area contributed by atoms with Crippen LogP contribution in [0.1, 0.15) is 46.3 Å². The van der Waals surface area contributed by atoms with E-state index in [9.17, 15) is 9.90 Å². The molecular weight excluding hydrogens is 595 g/mol. The van der Waals surface area contributed by atoms with Crippen molar-refractivity contribution in [3.05, 3.63) is 66.9 Å². The molecule has 2 atom stereocenters. The average Bonchev–Trinajstić information content (AvgIpc) is 3.67. The zero-order valence-corrected chi connectivity index (χ0v) is 27.4. The van der Waals surface area contributed by atoms with Crippen molar-refractivity contribution in [2.75, 3.05) is 13.2 Å². The van der Waals surface area contributed by atoms with Crippen LogP contribution >= 0.6 is 0 Å². The van der Waals surface area contributed by atoms with Crippen LogP contribution < -0.4 is 10.1 Å². The smallest absolute Gasteiger partial charge is 0.405 e. The zero-order chi connectivity index (χ0) is 32.2. The van der Waals surface area contributed by atoms with E-state index in [1.807, 2.05) is 24.3 Å². The first-order valence-corrected chi connectivity index (χ1v) is 18.1. The lowest BCUT2D eigenvalue weighted by Gasteiger charge is -2.37. The quantitative estimate of drug-likeness (QED) is 0.167. The van der Waals surface area contributed by atoms with Gasteiger partial charge in [0, 0.05) is 36.3 Å². The first-order valence-electron chi connectivity index (χ1n) is 15.2. The highest BCUT2D eigenvalue weighted by atomic mass is 28.4. The van der Waals surface area contributed by atoms with Crippen molar-refractivity contribution < 1.29 is 28.2 Å². The minimum Gasteiger partial charge on any atom is -0.465 e. The summed E-state index contributed by atoms with van der Waals surface area (Å²) < 4.78 is 36.4. The minimum absolute atomic E-state index is 0.00938. The molecule has 3 aromatic heterocycles. The highest BCUT2D eigenvalue weighted by Gasteiger charge is 2.37. The molecule has 1 fully saturated rings. The molecule has 0 radical (unpaired) electrons. The van der Waals surface area contributed by atoms with Gasteiger partial charge < -0.3 is 24.3 Å². The summed E-state index contributed by atoms with van der Waals surface area (Å²) in [6, 6.07) is 11.7.